The maximum Gasteiger partial charge on any atom is 0.261 e. The summed E-state index contributed by atoms with van der Waals surface area (Å²) in [6.45, 7) is 1.86. The third-order valence-electron chi connectivity index (χ3n) is 5.88. The van der Waals surface area contributed by atoms with E-state index in [9.17, 15) is 9.59 Å². The molecule has 152 valence electrons. The molecule has 3 aromatic rings. The number of nitrogens with zero attached hydrogens (tertiary/aromatic N) is 3. The number of aromatic nitrogens is 2. The second-order valence-corrected chi connectivity index (χ2v) is 8.74. The number of hydrogen-bond donors (Lipinski definition) is 0. The number of amides is 2. The molecule has 6 nitrogen and oxygen atoms in total. The van der Waals surface area contributed by atoms with Gasteiger partial charge in [0.15, 0.2) is 0 Å². The van der Waals surface area contributed by atoms with Gasteiger partial charge in [0.05, 0.1) is 28.1 Å². The predicted molar refractivity (Wildman–Crippen MR) is 116 cm³/mol. The Bertz CT molecular complexity index is 1130. The van der Waals surface area contributed by atoms with Crippen LogP contribution in [-0.4, -0.2) is 38.8 Å². The Balaban J connectivity index is 1.30. The highest BCUT2D eigenvalue weighted by molar-refractivity contribution is 9.10. The zero-order valence-corrected chi connectivity index (χ0v) is 18.1. The van der Waals surface area contributed by atoms with Crippen LogP contribution < -0.4 is 4.74 Å². The summed E-state index contributed by atoms with van der Waals surface area (Å²) in [7, 11) is 0. The number of fused-ring (bicyclic) bond motifs is 2. The highest BCUT2D eigenvalue weighted by atomic mass is 79.9. The fourth-order valence-electron chi connectivity index (χ4n) is 4.40. The number of imide groups is 1. The summed E-state index contributed by atoms with van der Waals surface area (Å²) in [4.78, 5) is 35.7. The van der Waals surface area contributed by atoms with Crippen LogP contribution in [0.3, 0.4) is 0 Å². The molecule has 1 saturated carbocycles. The Hall–Kier alpha value is -2.80. The largest absolute Gasteiger partial charge is 0.490 e. The molecule has 2 aromatic carbocycles. The Morgan fingerprint density at radius 1 is 1.03 bits per heavy atom. The van der Waals surface area contributed by atoms with Gasteiger partial charge in [-0.25, -0.2) is 9.97 Å². The average Bonchev–Trinajstić information content (AvgIpc) is 2.99. The number of benzene rings is 2. The van der Waals surface area contributed by atoms with Gasteiger partial charge in [0, 0.05) is 16.7 Å². The molecule has 2 aliphatic rings. The molecule has 0 unspecified atom stereocenters. The van der Waals surface area contributed by atoms with Crippen molar-refractivity contribution >= 4 is 38.6 Å². The highest BCUT2D eigenvalue weighted by Gasteiger charge is 2.41. The van der Waals surface area contributed by atoms with Crippen LogP contribution in [-0.2, 0) is 0 Å². The topological polar surface area (TPSA) is 72.4 Å². The summed E-state index contributed by atoms with van der Waals surface area (Å²) in [5, 5.41) is 0.881. The minimum Gasteiger partial charge on any atom is -0.490 e. The summed E-state index contributed by atoms with van der Waals surface area (Å²) in [6, 6.07) is 10.9. The minimum absolute atomic E-state index is 0.0234. The summed E-state index contributed by atoms with van der Waals surface area (Å²) in [5.41, 5.74) is 1.86. The van der Waals surface area contributed by atoms with Crippen molar-refractivity contribution in [3.63, 3.8) is 0 Å². The Morgan fingerprint density at radius 2 is 1.70 bits per heavy atom. The van der Waals surface area contributed by atoms with Gasteiger partial charge in [-0.3, -0.25) is 14.5 Å². The first-order valence-electron chi connectivity index (χ1n) is 10.1. The molecule has 30 heavy (non-hydrogen) atoms. The quantitative estimate of drug-likeness (QED) is 0.524. The van der Waals surface area contributed by atoms with Gasteiger partial charge >= 0.3 is 0 Å². The van der Waals surface area contributed by atoms with Crippen molar-refractivity contribution in [1.29, 1.82) is 0 Å². The van der Waals surface area contributed by atoms with Gasteiger partial charge in [-0.2, -0.15) is 0 Å². The first-order valence-corrected chi connectivity index (χ1v) is 10.9. The summed E-state index contributed by atoms with van der Waals surface area (Å²) >= 11 is 3.53. The lowest BCUT2D eigenvalue weighted by atomic mass is 9.91. The standard InChI is InChI=1S/C23H20BrN3O3/c1-13-25-12-19-20(26-13)10-14(24)11-21(19)30-16-8-6-15(7-9-16)27-22(28)17-4-2-3-5-18(17)23(27)29/h2-5,10-12,15-16H,6-9H2,1H3/t15-,16+. The first-order chi connectivity index (χ1) is 14.5. The van der Waals surface area contributed by atoms with Gasteiger partial charge in [0.2, 0.25) is 0 Å². The van der Waals surface area contributed by atoms with E-state index in [1.165, 1.54) is 4.90 Å². The van der Waals surface area contributed by atoms with E-state index >= 15 is 0 Å². The SMILES string of the molecule is Cc1ncc2c(O[C@H]3CC[C@@H](N4C(=O)c5ccccc5C4=O)CC3)cc(Br)cc2n1. The number of aryl methyl sites for hydroxylation is 1. The van der Waals surface area contributed by atoms with Crippen LogP contribution in [0.4, 0.5) is 0 Å². The highest BCUT2D eigenvalue weighted by Crippen LogP contribution is 2.35. The van der Waals surface area contributed by atoms with Gasteiger partial charge in [-0.05, 0) is 56.9 Å². The van der Waals surface area contributed by atoms with Crippen molar-refractivity contribution in [3.8, 4) is 5.75 Å². The number of carbonyl (C=O) groups excluding carboxylic acids is 2. The van der Waals surface area contributed by atoms with Crippen molar-refractivity contribution in [2.24, 2.45) is 0 Å². The third-order valence-corrected chi connectivity index (χ3v) is 6.33. The van der Waals surface area contributed by atoms with Gasteiger partial charge in [0.25, 0.3) is 11.8 Å². The van der Waals surface area contributed by atoms with Crippen molar-refractivity contribution in [2.75, 3.05) is 0 Å². The van der Waals surface area contributed by atoms with Crippen molar-refractivity contribution in [3.05, 3.63) is 64.0 Å². The smallest absolute Gasteiger partial charge is 0.261 e. The molecule has 1 aliphatic heterocycles. The van der Waals surface area contributed by atoms with E-state index in [1.807, 2.05) is 19.1 Å². The second kappa shape index (κ2) is 7.47. The van der Waals surface area contributed by atoms with Gasteiger partial charge in [0.1, 0.15) is 11.6 Å². The van der Waals surface area contributed by atoms with Gasteiger partial charge in [-0.15, -0.1) is 0 Å². The lowest BCUT2D eigenvalue weighted by molar-refractivity contribution is 0.0480. The van der Waals surface area contributed by atoms with E-state index in [0.717, 1.165) is 46.8 Å². The van der Waals surface area contributed by atoms with Crippen LogP contribution in [0.2, 0.25) is 0 Å². The molecule has 2 heterocycles. The predicted octanol–water partition coefficient (Wildman–Crippen LogP) is 4.69. The molecule has 1 aromatic heterocycles. The Morgan fingerprint density at radius 3 is 2.37 bits per heavy atom. The lowest BCUT2D eigenvalue weighted by Gasteiger charge is -2.33. The molecule has 5 rings (SSSR count). The monoisotopic (exact) mass is 465 g/mol. The summed E-state index contributed by atoms with van der Waals surface area (Å²) in [6.07, 6.45) is 4.84. The van der Waals surface area contributed by atoms with Gasteiger partial charge < -0.3 is 4.74 Å². The van der Waals surface area contributed by atoms with Crippen LogP contribution in [0.1, 0.15) is 52.2 Å². The molecule has 0 radical (unpaired) electrons. The molecule has 1 fully saturated rings. The van der Waals surface area contributed by atoms with Crippen molar-refractivity contribution < 1.29 is 14.3 Å². The summed E-state index contributed by atoms with van der Waals surface area (Å²) in [5.74, 6) is 1.12. The molecule has 0 spiro atoms. The van der Waals surface area contributed by atoms with E-state index < -0.39 is 0 Å². The molecule has 0 N–H and O–H groups in total. The zero-order valence-electron chi connectivity index (χ0n) is 16.5. The molecule has 7 heteroatoms. The zero-order chi connectivity index (χ0) is 20.8. The van der Waals surface area contributed by atoms with E-state index in [2.05, 4.69) is 25.9 Å². The average molecular weight is 466 g/mol. The molecule has 1 aliphatic carbocycles. The Kier molecular flexibility index (Phi) is 4.77. The van der Waals surface area contributed by atoms with Crippen LogP contribution >= 0.6 is 15.9 Å². The number of hydrogen-bond acceptors (Lipinski definition) is 5. The maximum absolute atomic E-state index is 12.7. The number of ether oxygens (including phenoxy) is 1. The second-order valence-electron chi connectivity index (χ2n) is 7.83. The van der Waals surface area contributed by atoms with E-state index in [-0.39, 0.29) is 24.0 Å². The van der Waals surface area contributed by atoms with Crippen molar-refractivity contribution in [1.82, 2.24) is 14.9 Å². The number of carbonyl (C=O) groups is 2. The Labute approximate surface area is 182 Å². The molecular weight excluding hydrogens is 446 g/mol. The van der Waals surface area contributed by atoms with E-state index in [4.69, 9.17) is 4.74 Å². The molecule has 0 bridgehead atoms. The van der Waals surface area contributed by atoms with Crippen molar-refractivity contribution in [2.45, 2.75) is 44.8 Å². The fraction of sp³-hybridized carbons (Fsp3) is 0.304. The number of rotatable bonds is 3. The number of halogens is 1. The normalized spacial score (nSPS) is 21.2. The lowest BCUT2D eigenvalue weighted by Crippen LogP contribution is -2.43. The molecule has 2 amide bonds. The fourth-order valence-corrected chi connectivity index (χ4v) is 4.83. The van der Waals surface area contributed by atoms with Crippen LogP contribution in [0, 0.1) is 6.92 Å². The van der Waals surface area contributed by atoms with Crippen LogP contribution in [0.15, 0.2) is 47.1 Å². The minimum atomic E-state index is -0.175. The van der Waals surface area contributed by atoms with E-state index in [0.29, 0.717) is 17.0 Å². The van der Waals surface area contributed by atoms with Crippen LogP contribution in [0.25, 0.3) is 10.9 Å². The maximum atomic E-state index is 12.7. The first kappa shape index (κ1) is 19.2. The molecule has 0 saturated heterocycles. The van der Waals surface area contributed by atoms with Gasteiger partial charge in [-0.1, -0.05) is 28.1 Å². The third kappa shape index (κ3) is 3.27. The van der Waals surface area contributed by atoms with Crippen LogP contribution in [0.5, 0.6) is 5.75 Å². The van der Waals surface area contributed by atoms with E-state index in [1.54, 1.807) is 30.5 Å². The molecule has 0 atom stereocenters. The molecular formula is C23H20BrN3O3. The summed E-state index contributed by atoms with van der Waals surface area (Å²) < 4.78 is 7.22.